The van der Waals surface area contributed by atoms with Crippen molar-refractivity contribution in [2.75, 3.05) is 6.61 Å². The van der Waals surface area contributed by atoms with Crippen LogP contribution in [0.15, 0.2) is 0 Å². The van der Waals surface area contributed by atoms with E-state index in [1.54, 1.807) is 0 Å². The molecule has 2 unspecified atom stereocenters. The Bertz CT molecular complexity index is 360. The first kappa shape index (κ1) is 12.0. The van der Waals surface area contributed by atoms with E-state index in [1.165, 1.54) is 19.3 Å². The minimum atomic E-state index is -0.342. The van der Waals surface area contributed by atoms with Gasteiger partial charge in [-0.2, -0.15) is 0 Å². The molecule has 3 aliphatic carbocycles. The van der Waals surface area contributed by atoms with Gasteiger partial charge in [-0.25, -0.2) is 0 Å². The summed E-state index contributed by atoms with van der Waals surface area (Å²) < 4.78 is 11.0. The van der Waals surface area contributed by atoms with Gasteiger partial charge in [-0.15, -0.1) is 6.42 Å². The third kappa shape index (κ3) is 1.93. The Hall–Kier alpha value is -1.01. The Morgan fingerprint density at radius 3 is 2.50 bits per heavy atom. The summed E-state index contributed by atoms with van der Waals surface area (Å²) in [6, 6.07) is 0. The first-order valence-corrected chi connectivity index (χ1v) is 7.02. The second-order valence-corrected chi connectivity index (χ2v) is 5.95. The molecule has 1 saturated heterocycles. The molecule has 3 heteroatoms. The molecule has 2 atom stereocenters. The second kappa shape index (κ2) is 4.59. The average molecular weight is 248 g/mol. The summed E-state index contributed by atoms with van der Waals surface area (Å²) in [5.41, 5.74) is -0.198. The maximum absolute atomic E-state index is 12.4. The first-order valence-electron chi connectivity index (χ1n) is 7.02. The topological polar surface area (TPSA) is 35.5 Å². The van der Waals surface area contributed by atoms with Crippen molar-refractivity contribution in [3.05, 3.63) is 0 Å². The SMILES string of the molecule is C#CC1OCCC1OC(=O)C12CCC(CC1)CC2. The minimum absolute atomic E-state index is 0.0172. The molecule has 3 saturated carbocycles. The molecule has 0 aromatic rings. The van der Waals surface area contributed by atoms with Crippen LogP contribution in [0.2, 0.25) is 0 Å². The third-order valence-electron chi connectivity index (χ3n) is 4.99. The molecule has 1 aliphatic heterocycles. The van der Waals surface area contributed by atoms with Gasteiger partial charge in [0.05, 0.1) is 12.0 Å². The second-order valence-electron chi connectivity index (χ2n) is 5.95. The number of terminal acetylenes is 1. The Kier molecular flexibility index (Phi) is 3.07. The maximum atomic E-state index is 12.4. The van der Waals surface area contributed by atoms with Gasteiger partial charge in [0.2, 0.25) is 0 Å². The lowest BCUT2D eigenvalue weighted by Gasteiger charge is -2.44. The highest BCUT2D eigenvalue weighted by Gasteiger charge is 2.48. The summed E-state index contributed by atoms with van der Waals surface area (Å²) in [5, 5.41) is 0. The van der Waals surface area contributed by atoms with E-state index in [0.29, 0.717) is 6.61 Å². The highest BCUT2D eigenvalue weighted by Crippen LogP contribution is 2.51. The highest BCUT2D eigenvalue weighted by atomic mass is 16.6. The largest absolute Gasteiger partial charge is 0.458 e. The quantitative estimate of drug-likeness (QED) is 0.555. The molecule has 4 aliphatic rings. The fourth-order valence-electron chi connectivity index (χ4n) is 3.66. The molecule has 0 radical (unpaired) electrons. The zero-order chi connectivity index (χ0) is 12.6. The van der Waals surface area contributed by atoms with Crippen LogP contribution in [0, 0.1) is 23.7 Å². The van der Waals surface area contributed by atoms with Crippen LogP contribution in [0.4, 0.5) is 0 Å². The van der Waals surface area contributed by atoms with Crippen LogP contribution in [0.5, 0.6) is 0 Å². The first-order chi connectivity index (χ1) is 8.73. The van der Waals surface area contributed by atoms with Crippen molar-refractivity contribution in [1.82, 2.24) is 0 Å². The van der Waals surface area contributed by atoms with Crippen molar-refractivity contribution >= 4 is 5.97 Å². The van der Waals surface area contributed by atoms with Gasteiger partial charge in [0.25, 0.3) is 0 Å². The summed E-state index contributed by atoms with van der Waals surface area (Å²) in [4.78, 5) is 12.4. The van der Waals surface area contributed by atoms with E-state index >= 15 is 0 Å². The molecule has 0 aromatic heterocycles. The number of esters is 1. The van der Waals surface area contributed by atoms with E-state index in [-0.39, 0.29) is 23.6 Å². The zero-order valence-electron chi connectivity index (χ0n) is 10.7. The van der Waals surface area contributed by atoms with Crippen LogP contribution >= 0.6 is 0 Å². The van der Waals surface area contributed by atoms with E-state index in [1.807, 2.05) is 0 Å². The normalized spacial score (nSPS) is 42.5. The highest BCUT2D eigenvalue weighted by molar-refractivity contribution is 5.77. The predicted octanol–water partition coefficient (Wildman–Crippen LogP) is 2.29. The number of ether oxygens (including phenoxy) is 2. The number of hydrogen-bond donors (Lipinski definition) is 0. The van der Waals surface area contributed by atoms with Crippen LogP contribution in [0.1, 0.15) is 44.9 Å². The molecule has 4 rings (SSSR count). The molecule has 0 N–H and O–H groups in total. The predicted molar refractivity (Wildman–Crippen MR) is 66.7 cm³/mol. The van der Waals surface area contributed by atoms with Crippen molar-refractivity contribution in [2.45, 2.75) is 57.2 Å². The van der Waals surface area contributed by atoms with Crippen molar-refractivity contribution in [3.63, 3.8) is 0 Å². The van der Waals surface area contributed by atoms with Gasteiger partial charge in [-0.3, -0.25) is 4.79 Å². The molecular formula is C15H20O3. The molecule has 98 valence electrons. The van der Waals surface area contributed by atoms with Gasteiger partial charge in [0.1, 0.15) is 6.10 Å². The summed E-state index contributed by atoms with van der Waals surface area (Å²) in [6.07, 6.45) is 12.1. The monoisotopic (exact) mass is 248 g/mol. The molecule has 0 spiro atoms. The lowest BCUT2D eigenvalue weighted by molar-refractivity contribution is -0.169. The summed E-state index contributed by atoms with van der Waals surface area (Å²) in [5.74, 6) is 3.40. The van der Waals surface area contributed by atoms with Gasteiger partial charge in [0, 0.05) is 6.42 Å². The number of carbonyl (C=O) groups is 1. The van der Waals surface area contributed by atoms with E-state index in [9.17, 15) is 4.79 Å². The maximum Gasteiger partial charge on any atom is 0.312 e. The van der Waals surface area contributed by atoms with E-state index in [0.717, 1.165) is 31.6 Å². The zero-order valence-corrected chi connectivity index (χ0v) is 10.7. The Labute approximate surface area is 108 Å². The lowest BCUT2D eigenvalue weighted by atomic mass is 9.61. The van der Waals surface area contributed by atoms with Crippen LogP contribution in [-0.2, 0) is 14.3 Å². The lowest BCUT2D eigenvalue weighted by Crippen LogP contribution is -2.43. The summed E-state index contributed by atoms with van der Waals surface area (Å²) in [7, 11) is 0. The fraction of sp³-hybridized carbons (Fsp3) is 0.800. The molecule has 18 heavy (non-hydrogen) atoms. The number of hydrogen-bond acceptors (Lipinski definition) is 3. The van der Waals surface area contributed by atoms with Gasteiger partial charge in [-0.05, 0) is 44.4 Å². The van der Waals surface area contributed by atoms with Crippen molar-refractivity contribution in [1.29, 1.82) is 0 Å². The molecular weight excluding hydrogens is 228 g/mol. The molecule has 0 aromatic carbocycles. The smallest absolute Gasteiger partial charge is 0.312 e. The van der Waals surface area contributed by atoms with E-state index in [2.05, 4.69) is 5.92 Å². The third-order valence-corrected chi connectivity index (χ3v) is 4.99. The average Bonchev–Trinajstić information content (AvgIpc) is 2.88. The Morgan fingerprint density at radius 2 is 1.89 bits per heavy atom. The van der Waals surface area contributed by atoms with Crippen LogP contribution < -0.4 is 0 Å². The molecule has 2 bridgehead atoms. The van der Waals surface area contributed by atoms with Crippen molar-refractivity contribution in [2.24, 2.45) is 11.3 Å². The van der Waals surface area contributed by atoms with Gasteiger partial charge in [-0.1, -0.05) is 5.92 Å². The number of rotatable bonds is 2. The Morgan fingerprint density at radius 1 is 1.22 bits per heavy atom. The minimum Gasteiger partial charge on any atom is -0.458 e. The van der Waals surface area contributed by atoms with Gasteiger partial charge < -0.3 is 9.47 Å². The standard InChI is InChI=1S/C15H20O3/c1-2-12-13(6-10-17-12)18-14(16)15-7-3-11(4-8-15)5-9-15/h1,11-13H,3-10H2. The Balaban J connectivity index is 1.66. The summed E-state index contributed by atoms with van der Waals surface area (Å²) in [6.45, 7) is 0.599. The van der Waals surface area contributed by atoms with Crippen LogP contribution in [0.25, 0.3) is 0 Å². The molecule has 3 nitrogen and oxygen atoms in total. The van der Waals surface area contributed by atoms with E-state index < -0.39 is 0 Å². The number of carbonyl (C=O) groups excluding carboxylic acids is 1. The van der Waals surface area contributed by atoms with Gasteiger partial charge in [0.15, 0.2) is 6.10 Å². The van der Waals surface area contributed by atoms with Crippen molar-refractivity contribution in [3.8, 4) is 12.3 Å². The fourth-order valence-corrected chi connectivity index (χ4v) is 3.66. The van der Waals surface area contributed by atoms with Crippen LogP contribution in [0.3, 0.4) is 0 Å². The van der Waals surface area contributed by atoms with Crippen molar-refractivity contribution < 1.29 is 14.3 Å². The van der Waals surface area contributed by atoms with Gasteiger partial charge >= 0.3 is 5.97 Å². The number of fused-ring (bicyclic) bond motifs is 3. The molecule has 1 heterocycles. The van der Waals surface area contributed by atoms with E-state index in [4.69, 9.17) is 15.9 Å². The molecule has 4 fully saturated rings. The molecule has 0 amide bonds. The summed E-state index contributed by atoms with van der Waals surface area (Å²) >= 11 is 0. The van der Waals surface area contributed by atoms with Crippen LogP contribution in [-0.4, -0.2) is 24.8 Å².